The number of aliphatic imine (C=N–C) groups is 1. The SMILES string of the molecule is C[N+](CCN)(CCN)CCC[C@H](N)C([O-])=Nc1cnc2ccc(C(F)(F)F)cc2c1. The third kappa shape index (κ3) is 6.63. The van der Waals surface area contributed by atoms with Gasteiger partial charge >= 0.3 is 6.18 Å². The Hall–Kier alpha value is -2.27. The van der Waals surface area contributed by atoms with E-state index in [0.29, 0.717) is 35.9 Å². The number of rotatable bonds is 10. The van der Waals surface area contributed by atoms with Crippen LogP contribution in [0.15, 0.2) is 35.5 Å². The van der Waals surface area contributed by atoms with Gasteiger partial charge in [-0.3, -0.25) is 9.98 Å². The molecule has 1 aromatic carbocycles. The van der Waals surface area contributed by atoms with Crippen LogP contribution in [0.5, 0.6) is 0 Å². The molecule has 0 fully saturated rings. The Bertz CT molecular complexity index is 865. The number of hydrogen-bond donors (Lipinski definition) is 3. The Labute approximate surface area is 174 Å². The van der Waals surface area contributed by atoms with Gasteiger partial charge in [0.25, 0.3) is 0 Å². The highest BCUT2D eigenvalue weighted by atomic mass is 19.4. The standard InChI is InChI=1S/C20H29F3N6O/c1-29(9-6-24,10-7-25)8-2-3-17(26)19(30)28-16-12-14-11-15(20(21,22)23)4-5-18(14)27-13-16/h4-5,11-13,17H,2-3,6-10,24-26H2,1H3/t17-/m0/s1. The van der Waals surface area contributed by atoms with Gasteiger partial charge in [-0.15, -0.1) is 0 Å². The van der Waals surface area contributed by atoms with Crippen molar-refractivity contribution in [1.82, 2.24) is 4.98 Å². The number of fused-ring (bicyclic) bond motifs is 1. The molecule has 30 heavy (non-hydrogen) atoms. The summed E-state index contributed by atoms with van der Waals surface area (Å²) in [6, 6.07) is 3.84. The molecule has 1 atom stereocenters. The number of aromatic nitrogens is 1. The fraction of sp³-hybridized carbons (Fsp3) is 0.500. The number of likely N-dealkylation sites (N-methyl/N-ethyl adjacent to an activating group) is 1. The van der Waals surface area contributed by atoms with Crippen LogP contribution in [0.25, 0.3) is 10.9 Å². The first kappa shape index (κ1) is 24.0. The summed E-state index contributed by atoms with van der Waals surface area (Å²) in [6.07, 6.45) is -1.98. The zero-order chi connectivity index (χ0) is 22.4. The number of nitrogens with zero attached hydrogens (tertiary/aromatic N) is 3. The molecule has 0 unspecified atom stereocenters. The van der Waals surface area contributed by atoms with E-state index >= 15 is 0 Å². The molecule has 6 N–H and O–H groups in total. The van der Waals surface area contributed by atoms with Crippen molar-refractivity contribution in [2.24, 2.45) is 22.2 Å². The van der Waals surface area contributed by atoms with E-state index in [9.17, 15) is 18.3 Å². The summed E-state index contributed by atoms with van der Waals surface area (Å²) >= 11 is 0. The number of benzene rings is 1. The van der Waals surface area contributed by atoms with Crippen molar-refractivity contribution >= 4 is 22.5 Å². The lowest BCUT2D eigenvalue weighted by atomic mass is 10.1. The van der Waals surface area contributed by atoms with Gasteiger partial charge in [-0.25, -0.2) is 0 Å². The summed E-state index contributed by atoms with van der Waals surface area (Å²) in [5, 5.41) is 12.6. The van der Waals surface area contributed by atoms with Crippen molar-refractivity contribution < 1.29 is 22.8 Å². The highest BCUT2D eigenvalue weighted by Crippen LogP contribution is 2.31. The summed E-state index contributed by atoms with van der Waals surface area (Å²) in [5.41, 5.74) is 17.1. The van der Waals surface area contributed by atoms with E-state index in [1.807, 2.05) is 0 Å². The first-order chi connectivity index (χ1) is 14.1. The molecule has 0 aliphatic carbocycles. The Kier molecular flexibility index (Phi) is 8.13. The lowest BCUT2D eigenvalue weighted by Gasteiger charge is -2.34. The Balaban J connectivity index is 2.07. The maximum absolute atomic E-state index is 12.9. The fourth-order valence-corrected chi connectivity index (χ4v) is 3.34. The molecular formula is C20H29F3N6O. The molecule has 1 heterocycles. The Morgan fingerprint density at radius 3 is 2.43 bits per heavy atom. The van der Waals surface area contributed by atoms with Crippen molar-refractivity contribution in [2.75, 3.05) is 39.8 Å². The largest absolute Gasteiger partial charge is 0.861 e. The van der Waals surface area contributed by atoms with Gasteiger partial charge in [-0.1, -0.05) is 0 Å². The van der Waals surface area contributed by atoms with Gasteiger partial charge in [0.1, 0.15) is 0 Å². The minimum Gasteiger partial charge on any atom is -0.861 e. The molecule has 0 bridgehead atoms. The molecule has 0 spiro atoms. The molecule has 0 radical (unpaired) electrons. The van der Waals surface area contributed by atoms with Crippen molar-refractivity contribution in [3.8, 4) is 0 Å². The van der Waals surface area contributed by atoms with Gasteiger partial charge in [-0.2, -0.15) is 13.2 Å². The maximum Gasteiger partial charge on any atom is 0.416 e. The zero-order valence-corrected chi connectivity index (χ0v) is 17.0. The monoisotopic (exact) mass is 426 g/mol. The van der Waals surface area contributed by atoms with Gasteiger partial charge in [-0.05, 0) is 43.0 Å². The topological polar surface area (TPSA) is 126 Å². The van der Waals surface area contributed by atoms with Crippen LogP contribution >= 0.6 is 0 Å². The van der Waals surface area contributed by atoms with Crippen molar-refractivity contribution in [2.45, 2.75) is 25.1 Å². The van der Waals surface area contributed by atoms with E-state index in [4.69, 9.17) is 17.2 Å². The Morgan fingerprint density at radius 1 is 1.17 bits per heavy atom. The number of hydrogen-bond acceptors (Lipinski definition) is 6. The molecule has 2 rings (SSSR count). The third-order valence-electron chi connectivity index (χ3n) is 5.10. The van der Waals surface area contributed by atoms with E-state index in [1.165, 1.54) is 18.3 Å². The van der Waals surface area contributed by atoms with Gasteiger partial charge in [0.2, 0.25) is 0 Å². The molecule has 1 aromatic heterocycles. The van der Waals surface area contributed by atoms with E-state index < -0.39 is 23.7 Å². The van der Waals surface area contributed by atoms with Crippen LogP contribution < -0.4 is 22.3 Å². The average Bonchev–Trinajstić information content (AvgIpc) is 2.67. The molecule has 10 heteroatoms. The van der Waals surface area contributed by atoms with E-state index in [-0.39, 0.29) is 11.1 Å². The van der Waals surface area contributed by atoms with Crippen LogP contribution in [0.2, 0.25) is 0 Å². The highest BCUT2D eigenvalue weighted by molar-refractivity contribution is 5.85. The first-order valence-electron chi connectivity index (χ1n) is 9.80. The average molecular weight is 426 g/mol. The van der Waals surface area contributed by atoms with E-state index in [1.54, 1.807) is 0 Å². The lowest BCUT2D eigenvalue weighted by Crippen LogP contribution is -2.51. The fourth-order valence-electron chi connectivity index (χ4n) is 3.34. The van der Waals surface area contributed by atoms with Gasteiger partial charge in [0.15, 0.2) is 0 Å². The van der Waals surface area contributed by atoms with Crippen molar-refractivity contribution in [3.05, 3.63) is 36.0 Å². The van der Waals surface area contributed by atoms with Crippen LogP contribution in [-0.2, 0) is 6.18 Å². The number of nitrogens with two attached hydrogens (primary N) is 3. The van der Waals surface area contributed by atoms with Crippen molar-refractivity contribution in [3.63, 3.8) is 0 Å². The maximum atomic E-state index is 12.9. The summed E-state index contributed by atoms with van der Waals surface area (Å²) in [5.74, 6) is -0.532. The second kappa shape index (κ2) is 10.2. The van der Waals surface area contributed by atoms with Crippen LogP contribution in [0.3, 0.4) is 0 Å². The van der Waals surface area contributed by atoms with E-state index in [0.717, 1.165) is 31.8 Å². The van der Waals surface area contributed by atoms with Crippen LogP contribution in [-0.4, -0.2) is 61.2 Å². The van der Waals surface area contributed by atoms with Crippen molar-refractivity contribution in [1.29, 1.82) is 0 Å². The highest BCUT2D eigenvalue weighted by Gasteiger charge is 2.30. The number of quaternary nitrogens is 1. The molecule has 0 saturated heterocycles. The predicted molar refractivity (Wildman–Crippen MR) is 110 cm³/mol. The molecule has 2 aromatic rings. The van der Waals surface area contributed by atoms with Gasteiger partial charge in [0.05, 0.1) is 49.6 Å². The third-order valence-corrected chi connectivity index (χ3v) is 5.10. The smallest absolute Gasteiger partial charge is 0.416 e. The summed E-state index contributed by atoms with van der Waals surface area (Å²) in [7, 11) is 2.06. The minimum atomic E-state index is -4.46. The summed E-state index contributed by atoms with van der Waals surface area (Å²) < 4.78 is 39.4. The number of alkyl halides is 3. The number of pyridine rings is 1. The van der Waals surface area contributed by atoms with Gasteiger partial charge in [0, 0.05) is 24.5 Å². The molecule has 0 aliphatic rings. The molecule has 166 valence electrons. The van der Waals surface area contributed by atoms with Crippen LogP contribution in [0.4, 0.5) is 18.9 Å². The normalized spacial score (nSPS) is 14.3. The van der Waals surface area contributed by atoms with E-state index in [2.05, 4.69) is 17.0 Å². The summed E-state index contributed by atoms with van der Waals surface area (Å²) in [6.45, 7) is 3.44. The predicted octanol–water partition coefficient (Wildman–Crippen LogP) is 1.12. The summed E-state index contributed by atoms with van der Waals surface area (Å²) in [4.78, 5) is 8.01. The van der Waals surface area contributed by atoms with Gasteiger partial charge < -0.3 is 26.8 Å². The minimum absolute atomic E-state index is 0.175. The second-order valence-corrected chi connectivity index (χ2v) is 7.67. The lowest BCUT2D eigenvalue weighted by molar-refractivity contribution is -0.907. The first-order valence-corrected chi connectivity index (χ1v) is 9.80. The quantitative estimate of drug-likeness (QED) is 0.298. The second-order valence-electron chi connectivity index (χ2n) is 7.67. The van der Waals surface area contributed by atoms with Crippen LogP contribution in [0.1, 0.15) is 18.4 Å². The Morgan fingerprint density at radius 2 is 1.83 bits per heavy atom. The zero-order valence-electron chi connectivity index (χ0n) is 17.0. The van der Waals surface area contributed by atoms with Crippen LogP contribution in [0, 0.1) is 0 Å². The molecule has 0 amide bonds. The molecular weight excluding hydrogens is 397 g/mol. The molecule has 7 nitrogen and oxygen atoms in total. The molecule has 0 aliphatic heterocycles. The molecule has 0 saturated carbocycles. The number of halogens is 3.